The van der Waals surface area contributed by atoms with Crippen LogP contribution in [0.5, 0.6) is 0 Å². The van der Waals surface area contributed by atoms with E-state index in [1.165, 1.54) is 6.42 Å². The van der Waals surface area contributed by atoms with E-state index in [4.69, 9.17) is 0 Å². The number of carbonyl (C=O) groups is 1. The van der Waals surface area contributed by atoms with Crippen molar-refractivity contribution >= 4 is 27.7 Å². The first-order chi connectivity index (χ1) is 8.74. The van der Waals surface area contributed by atoms with Crippen LogP contribution in [-0.4, -0.2) is 17.4 Å². The third kappa shape index (κ3) is 2.57. The topological polar surface area (TPSA) is 54.0 Å². The molecule has 4 nitrogen and oxygen atoms in total. The fraction of sp³-hybridized carbons (Fsp3) is 0.538. The largest absolute Gasteiger partial charge is 0.310 e. The lowest BCUT2D eigenvalue weighted by molar-refractivity contribution is -0.117. The molecule has 1 saturated heterocycles. The Morgan fingerprint density at radius 2 is 2.22 bits per heavy atom. The highest BCUT2D eigenvalue weighted by Crippen LogP contribution is 2.31. The Hall–Kier alpha value is -0.940. The van der Waals surface area contributed by atoms with Gasteiger partial charge in [0, 0.05) is 10.4 Å². The number of halogens is 1. The zero-order valence-electron chi connectivity index (χ0n) is 10.1. The van der Waals surface area contributed by atoms with Crippen LogP contribution < -0.4 is 10.6 Å². The third-order valence-electron chi connectivity index (χ3n) is 3.46. The van der Waals surface area contributed by atoms with E-state index in [1.54, 1.807) is 0 Å². The van der Waals surface area contributed by atoms with Gasteiger partial charge in [0.15, 0.2) is 0 Å². The van der Waals surface area contributed by atoms with Crippen LogP contribution in [0.15, 0.2) is 16.6 Å². The van der Waals surface area contributed by atoms with Crippen LogP contribution in [0.1, 0.15) is 37.4 Å². The Morgan fingerprint density at radius 1 is 1.39 bits per heavy atom. The van der Waals surface area contributed by atoms with Gasteiger partial charge in [-0.25, -0.2) is 4.98 Å². The van der Waals surface area contributed by atoms with Crippen LogP contribution in [-0.2, 0) is 4.79 Å². The van der Waals surface area contributed by atoms with E-state index in [2.05, 4.69) is 31.5 Å². The Morgan fingerprint density at radius 3 is 2.89 bits per heavy atom. The number of carbonyl (C=O) groups excluding carboxylic acids is 1. The number of anilines is 1. The van der Waals surface area contributed by atoms with Gasteiger partial charge in [0.25, 0.3) is 0 Å². The molecule has 2 heterocycles. The summed E-state index contributed by atoms with van der Waals surface area (Å²) >= 11 is 3.53. The van der Waals surface area contributed by atoms with Gasteiger partial charge in [-0.2, -0.15) is 0 Å². The molecule has 1 atom stereocenters. The van der Waals surface area contributed by atoms with Crippen molar-refractivity contribution in [2.24, 2.45) is 5.92 Å². The molecule has 0 radical (unpaired) electrons. The monoisotopic (exact) mass is 309 g/mol. The maximum atomic E-state index is 11.7. The van der Waals surface area contributed by atoms with Gasteiger partial charge >= 0.3 is 0 Å². The van der Waals surface area contributed by atoms with Crippen molar-refractivity contribution in [1.29, 1.82) is 0 Å². The number of amides is 1. The lowest BCUT2D eigenvalue weighted by Crippen LogP contribution is -2.18. The SMILES string of the molecule is O=C(Nc1ccc(Br)c([C@@H]2CCCN2)n1)C1CC1. The minimum Gasteiger partial charge on any atom is -0.310 e. The summed E-state index contributed by atoms with van der Waals surface area (Å²) in [5.74, 6) is 0.984. The van der Waals surface area contributed by atoms with Crippen LogP contribution >= 0.6 is 15.9 Å². The quantitative estimate of drug-likeness (QED) is 0.902. The summed E-state index contributed by atoms with van der Waals surface area (Å²) in [5, 5.41) is 6.32. The number of rotatable bonds is 3. The summed E-state index contributed by atoms with van der Waals surface area (Å²) < 4.78 is 1.01. The summed E-state index contributed by atoms with van der Waals surface area (Å²) in [5.41, 5.74) is 1.00. The molecule has 1 aliphatic carbocycles. The van der Waals surface area contributed by atoms with Gasteiger partial charge in [-0.1, -0.05) is 0 Å². The van der Waals surface area contributed by atoms with E-state index in [0.29, 0.717) is 11.9 Å². The Labute approximate surface area is 115 Å². The second-order valence-electron chi connectivity index (χ2n) is 4.98. The maximum absolute atomic E-state index is 11.7. The summed E-state index contributed by atoms with van der Waals surface area (Å²) in [6.45, 7) is 1.04. The molecule has 3 rings (SSSR count). The molecule has 2 aliphatic rings. The van der Waals surface area contributed by atoms with Gasteiger partial charge in [-0.05, 0) is 60.3 Å². The maximum Gasteiger partial charge on any atom is 0.228 e. The lowest BCUT2D eigenvalue weighted by atomic mass is 10.1. The molecule has 1 aromatic rings. The van der Waals surface area contributed by atoms with E-state index in [0.717, 1.165) is 36.0 Å². The van der Waals surface area contributed by atoms with Crippen LogP contribution in [0.25, 0.3) is 0 Å². The van der Waals surface area contributed by atoms with E-state index in [9.17, 15) is 4.79 Å². The fourth-order valence-electron chi connectivity index (χ4n) is 2.26. The first kappa shape index (κ1) is 12.1. The number of nitrogens with one attached hydrogen (secondary N) is 2. The molecule has 0 spiro atoms. The van der Waals surface area contributed by atoms with Crippen molar-refractivity contribution in [2.45, 2.75) is 31.7 Å². The molecule has 1 saturated carbocycles. The zero-order chi connectivity index (χ0) is 12.5. The van der Waals surface area contributed by atoms with Crippen molar-refractivity contribution in [1.82, 2.24) is 10.3 Å². The highest BCUT2D eigenvalue weighted by Gasteiger charge is 2.30. The molecule has 2 fully saturated rings. The third-order valence-corrected chi connectivity index (χ3v) is 4.13. The highest BCUT2D eigenvalue weighted by molar-refractivity contribution is 9.10. The molecule has 96 valence electrons. The average Bonchev–Trinajstić information content (AvgIpc) is 3.08. The van der Waals surface area contributed by atoms with Crippen LogP contribution in [0.2, 0.25) is 0 Å². The summed E-state index contributed by atoms with van der Waals surface area (Å²) in [4.78, 5) is 16.3. The van der Waals surface area contributed by atoms with Gasteiger partial charge < -0.3 is 10.6 Å². The molecule has 2 N–H and O–H groups in total. The minimum atomic E-state index is 0.107. The molecule has 1 aliphatic heterocycles. The van der Waals surface area contributed by atoms with E-state index in [-0.39, 0.29) is 11.8 Å². The predicted molar refractivity (Wildman–Crippen MR) is 73.3 cm³/mol. The number of nitrogens with zero attached hydrogens (tertiary/aromatic N) is 1. The molecule has 1 amide bonds. The highest BCUT2D eigenvalue weighted by atomic mass is 79.9. The Balaban J connectivity index is 1.78. The molecule has 18 heavy (non-hydrogen) atoms. The van der Waals surface area contributed by atoms with Gasteiger partial charge in [-0.3, -0.25) is 4.79 Å². The number of hydrogen-bond acceptors (Lipinski definition) is 3. The first-order valence-corrected chi connectivity index (χ1v) is 7.24. The van der Waals surface area contributed by atoms with Gasteiger partial charge in [-0.15, -0.1) is 0 Å². The number of hydrogen-bond donors (Lipinski definition) is 2. The van der Waals surface area contributed by atoms with Crippen LogP contribution in [0, 0.1) is 5.92 Å². The molecule has 0 aromatic carbocycles. The Kier molecular flexibility index (Phi) is 3.35. The standard InChI is InChI=1S/C13H16BrN3O/c14-9-5-6-11(17-13(18)8-3-4-8)16-12(9)10-2-1-7-15-10/h5-6,8,10,15H,1-4,7H2,(H,16,17,18)/t10-/m0/s1. The van der Waals surface area contributed by atoms with Gasteiger partial charge in [0.05, 0.1) is 11.7 Å². The molecular weight excluding hydrogens is 294 g/mol. The van der Waals surface area contributed by atoms with Crippen molar-refractivity contribution in [3.05, 3.63) is 22.3 Å². The van der Waals surface area contributed by atoms with Gasteiger partial charge in [0.1, 0.15) is 5.82 Å². The van der Waals surface area contributed by atoms with Crippen molar-refractivity contribution in [3.63, 3.8) is 0 Å². The van der Waals surface area contributed by atoms with E-state index >= 15 is 0 Å². The van der Waals surface area contributed by atoms with Crippen LogP contribution in [0.4, 0.5) is 5.82 Å². The molecular formula is C13H16BrN3O. The van der Waals surface area contributed by atoms with E-state index < -0.39 is 0 Å². The second kappa shape index (κ2) is 4.97. The van der Waals surface area contributed by atoms with Crippen molar-refractivity contribution in [2.75, 3.05) is 11.9 Å². The molecule has 0 unspecified atom stereocenters. The van der Waals surface area contributed by atoms with Gasteiger partial charge in [0.2, 0.25) is 5.91 Å². The van der Waals surface area contributed by atoms with Crippen molar-refractivity contribution < 1.29 is 4.79 Å². The number of aromatic nitrogens is 1. The smallest absolute Gasteiger partial charge is 0.228 e. The molecule has 5 heteroatoms. The predicted octanol–water partition coefficient (Wildman–Crippen LogP) is 2.62. The zero-order valence-corrected chi connectivity index (χ0v) is 11.7. The van der Waals surface area contributed by atoms with Crippen LogP contribution in [0.3, 0.4) is 0 Å². The second-order valence-corrected chi connectivity index (χ2v) is 5.83. The average molecular weight is 310 g/mol. The van der Waals surface area contributed by atoms with E-state index in [1.807, 2.05) is 12.1 Å². The lowest BCUT2D eigenvalue weighted by Gasteiger charge is -2.13. The normalized spacial score (nSPS) is 23.1. The minimum absolute atomic E-state index is 0.107. The number of pyridine rings is 1. The summed E-state index contributed by atoms with van der Waals surface area (Å²) in [7, 11) is 0. The molecule has 1 aromatic heterocycles. The van der Waals surface area contributed by atoms with Crippen molar-refractivity contribution in [3.8, 4) is 0 Å². The fourth-order valence-corrected chi connectivity index (χ4v) is 2.76. The first-order valence-electron chi connectivity index (χ1n) is 6.45. The molecule has 0 bridgehead atoms. The summed E-state index contributed by atoms with van der Waals surface area (Å²) in [6.07, 6.45) is 4.31. The Bertz CT molecular complexity index is 467. The summed E-state index contributed by atoms with van der Waals surface area (Å²) in [6, 6.07) is 4.12.